The minimum Gasteiger partial charge on any atom is -0.327 e. The molecule has 2 heterocycles. The van der Waals surface area contributed by atoms with Gasteiger partial charge in [0.1, 0.15) is 5.82 Å². The summed E-state index contributed by atoms with van der Waals surface area (Å²) in [4.78, 5) is 8.95. The van der Waals surface area contributed by atoms with Gasteiger partial charge in [0.15, 0.2) is 0 Å². The third-order valence-corrected chi connectivity index (χ3v) is 4.30. The van der Waals surface area contributed by atoms with E-state index in [1.807, 2.05) is 24.5 Å². The minimum atomic E-state index is -0.0201. The van der Waals surface area contributed by atoms with Crippen LogP contribution >= 0.6 is 0 Å². The predicted molar refractivity (Wildman–Crippen MR) is 99.6 cm³/mol. The zero-order chi connectivity index (χ0) is 17.1. The van der Waals surface area contributed by atoms with E-state index in [4.69, 9.17) is 10.7 Å². The van der Waals surface area contributed by atoms with Crippen LogP contribution in [0.3, 0.4) is 0 Å². The molecule has 0 bridgehead atoms. The largest absolute Gasteiger partial charge is 0.327 e. The fraction of sp³-hybridized carbons (Fsp3) is 0.400. The molecule has 0 saturated heterocycles. The van der Waals surface area contributed by atoms with E-state index >= 15 is 0 Å². The lowest BCUT2D eigenvalue weighted by Gasteiger charge is -2.16. The van der Waals surface area contributed by atoms with Gasteiger partial charge in [-0.3, -0.25) is 4.98 Å². The number of nitrogens with two attached hydrogens (primary N) is 1. The average Bonchev–Trinajstić information content (AvgIpc) is 2.93. The Kier molecular flexibility index (Phi) is 4.95. The third-order valence-electron chi connectivity index (χ3n) is 4.30. The molecule has 3 aromatic rings. The summed E-state index contributed by atoms with van der Waals surface area (Å²) in [7, 11) is 0. The lowest BCUT2D eigenvalue weighted by Crippen LogP contribution is -2.18. The van der Waals surface area contributed by atoms with E-state index in [1.54, 1.807) is 0 Å². The molecule has 0 amide bonds. The van der Waals surface area contributed by atoms with Crippen molar-refractivity contribution in [1.29, 1.82) is 0 Å². The summed E-state index contributed by atoms with van der Waals surface area (Å²) in [6.07, 6.45) is 5.66. The second-order valence-electron chi connectivity index (χ2n) is 6.80. The summed E-state index contributed by atoms with van der Waals surface area (Å²) >= 11 is 0. The highest BCUT2D eigenvalue weighted by molar-refractivity contribution is 5.82. The number of hydrogen-bond donors (Lipinski definition) is 1. The Hall–Kier alpha value is -2.20. The van der Waals surface area contributed by atoms with Crippen molar-refractivity contribution in [2.75, 3.05) is 0 Å². The summed E-state index contributed by atoms with van der Waals surface area (Å²) in [6, 6.07) is 10.5. The smallest absolute Gasteiger partial charge is 0.126 e. The molecule has 0 radical (unpaired) electrons. The van der Waals surface area contributed by atoms with Crippen LogP contribution in [0.25, 0.3) is 22.2 Å². The van der Waals surface area contributed by atoms with E-state index in [0.29, 0.717) is 5.92 Å². The van der Waals surface area contributed by atoms with Crippen LogP contribution in [0.15, 0.2) is 42.7 Å². The highest BCUT2D eigenvalue weighted by atomic mass is 15.1. The van der Waals surface area contributed by atoms with Gasteiger partial charge in [0.25, 0.3) is 0 Å². The summed E-state index contributed by atoms with van der Waals surface area (Å²) in [5.74, 6) is 1.56. The number of imidazole rings is 1. The molecule has 4 nitrogen and oxygen atoms in total. The van der Waals surface area contributed by atoms with Gasteiger partial charge in [0.05, 0.1) is 17.1 Å². The number of aromatic nitrogens is 3. The van der Waals surface area contributed by atoms with Crippen molar-refractivity contribution in [3.63, 3.8) is 0 Å². The van der Waals surface area contributed by atoms with Crippen molar-refractivity contribution in [2.45, 2.75) is 46.2 Å². The summed E-state index contributed by atoms with van der Waals surface area (Å²) in [6.45, 7) is 7.54. The molecule has 0 aliphatic rings. The highest BCUT2D eigenvalue weighted by Crippen LogP contribution is 2.28. The molecule has 126 valence electrons. The summed E-state index contributed by atoms with van der Waals surface area (Å²) in [5, 5.41) is 0. The number of pyridine rings is 1. The number of rotatable bonds is 6. The number of nitrogens with zero attached hydrogens (tertiary/aromatic N) is 3. The second-order valence-corrected chi connectivity index (χ2v) is 6.80. The van der Waals surface area contributed by atoms with Gasteiger partial charge >= 0.3 is 0 Å². The molecule has 3 rings (SSSR count). The molecular weight excluding hydrogens is 296 g/mol. The zero-order valence-electron chi connectivity index (χ0n) is 14.7. The molecule has 0 aliphatic heterocycles. The zero-order valence-corrected chi connectivity index (χ0v) is 14.7. The standard InChI is InChI=1S/C20H26N4/c1-4-11-24-19-13-16(15-7-9-22-10-8-15)5-6-18(19)23-20(24)17(21)12-14(2)3/h5-10,13-14,17H,4,11-12,21H2,1-3H3/t17-/m1/s1. The SMILES string of the molecule is CCCn1c([C@H](N)CC(C)C)nc2ccc(-c3ccncc3)cc21. The molecule has 4 heteroatoms. The number of benzene rings is 1. The van der Waals surface area contributed by atoms with E-state index in [2.05, 4.69) is 48.5 Å². The Bertz CT molecular complexity index is 805. The van der Waals surface area contributed by atoms with Crippen LogP contribution in [0.5, 0.6) is 0 Å². The van der Waals surface area contributed by atoms with Crippen LogP contribution in [-0.4, -0.2) is 14.5 Å². The monoisotopic (exact) mass is 322 g/mol. The van der Waals surface area contributed by atoms with Crippen LogP contribution in [0.4, 0.5) is 0 Å². The molecule has 0 fully saturated rings. The molecule has 0 aliphatic carbocycles. The first-order chi connectivity index (χ1) is 11.6. The Labute approximate surface area is 143 Å². The average molecular weight is 322 g/mol. The molecular formula is C20H26N4. The molecule has 24 heavy (non-hydrogen) atoms. The van der Waals surface area contributed by atoms with E-state index in [-0.39, 0.29) is 6.04 Å². The Morgan fingerprint density at radius 3 is 2.50 bits per heavy atom. The minimum absolute atomic E-state index is 0.0201. The Morgan fingerprint density at radius 1 is 1.08 bits per heavy atom. The van der Waals surface area contributed by atoms with Crippen LogP contribution in [0.2, 0.25) is 0 Å². The lowest BCUT2D eigenvalue weighted by atomic mass is 10.0. The van der Waals surface area contributed by atoms with Crippen LogP contribution < -0.4 is 5.73 Å². The van der Waals surface area contributed by atoms with E-state index in [1.165, 1.54) is 16.6 Å². The van der Waals surface area contributed by atoms with Gasteiger partial charge in [-0.25, -0.2) is 4.98 Å². The molecule has 1 atom stereocenters. The maximum absolute atomic E-state index is 6.45. The van der Waals surface area contributed by atoms with Gasteiger partial charge in [-0.15, -0.1) is 0 Å². The fourth-order valence-electron chi connectivity index (χ4n) is 3.22. The normalized spacial score (nSPS) is 12.9. The fourth-order valence-corrected chi connectivity index (χ4v) is 3.22. The molecule has 0 unspecified atom stereocenters. The van der Waals surface area contributed by atoms with Gasteiger partial charge in [-0.2, -0.15) is 0 Å². The Morgan fingerprint density at radius 2 is 1.83 bits per heavy atom. The quantitative estimate of drug-likeness (QED) is 0.724. The van der Waals surface area contributed by atoms with Crippen LogP contribution in [0.1, 0.15) is 45.5 Å². The summed E-state index contributed by atoms with van der Waals surface area (Å²) < 4.78 is 2.30. The van der Waals surface area contributed by atoms with Gasteiger partial charge in [-0.1, -0.05) is 26.8 Å². The topological polar surface area (TPSA) is 56.7 Å². The lowest BCUT2D eigenvalue weighted by molar-refractivity contribution is 0.475. The molecule has 0 saturated carbocycles. The highest BCUT2D eigenvalue weighted by Gasteiger charge is 2.18. The van der Waals surface area contributed by atoms with E-state index < -0.39 is 0 Å². The maximum atomic E-state index is 6.45. The number of aryl methyl sites for hydroxylation is 1. The first-order valence-electron chi connectivity index (χ1n) is 8.76. The van der Waals surface area contributed by atoms with Crippen LogP contribution in [-0.2, 0) is 6.54 Å². The first-order valence-corrected chi connectivity index (χ1v) is 8.76. The molecule has 2 aromatic heterocycles. The van der Waals surface area contributed by atoms with E-state index in [0.717, 1.165) is 30.7 Å². The van der Waals surface area contributed by atoms with Crippen molar-refractivity contribution < 1.29 is 0 Å². The van der Waals surface area contributed by atoms with Crippen molar-refractivity contribution in [2.24, 2.45) is 11.7 Å². The first kappa shape index (κ1) is 16.7. The van der Waals surface area contributed by atoms with Gasteiger partial charge < -0.3 is 10.3 Å². The van der Waals surface area contributed by atoms with Crippen molar-refractivity contribution >= 4 is 11.0 Å². The van der Waals surface area contributed by atoms with Crippen molar-refractivity contribution in [1.82, 2.24) is 14.5 Å². The van der Waals surface area contributed by atoms with Crippen LogP contribution in [0, 0.1) is 5.92 Å². The van der Waals surface area contributed by atoms with Gasteiger partial charge in [-0.05, 0) is 54.2 Å². The van der Waals surface area contributed by atoms with Gasteiger partial charge in [0, 0.05) is 18.9 Å². The molecule has 0 spiro atoms. The molecule has 2 N–H and O–H groups in total. The maximum Gasteiger partial charge on any atom is 0.126 e. The second kappa shape index (κ2) is 7.14. The number of hydrogen-bond acceptors (Lipinski definition) is 3. The summed E-state index contributed by atoms with van der Waals surface area (Å²) in [5.41, 5.74) is 11.0. The number of fused-ring (bicyclic) bond motifs is 1. The Balaban J connectivity index is 2.09. The van der Waals surface area contributed by atoms with Crippen molar-refractivity contribution in [3.8, 4) is 11.1 Å². The molecule has 1 aromatic carbocycles. The third kappa shape index (κ3) is 3.34. The predicted octanol–water partition coefficient (Wildman–Crippen LogP) is 4.55. The van der Waals surface area contributed by atoms with Crippen molar-refractivity contribution in [3.05, 3.63) is 48.5 Å². The van der Waals surface area contributed by atoms with E-state index in [9.17, 15) is 0 Å². The van der Waals surface area contributed by atoms with Gasteiger partial charge in [0.2, 0.25) is 0 Å².